The van der Waals surface area contributed by atoms with E-state index < -0.39 is 47.8 Å². The molecule has 16 heteroatoms. The second-order valence-corrected chi connectivity index (χ2v) is 20.0. The van der Waals surface area contributed by atoms with E-state index in [0.29, 0.717) is 19.1 Å². The highest BCUT2D eigenvalue weighted by molar-refractivity contribution is 7.87. The molecule has 1 aromatic rings. The number of hydrogen-bond acceptors (Lipinski definition) is 10. The van der Waals surface area contributed by atoms with Gasteiger partial charge in [-0.2, -0.15) is 26.6 Å². The lowest BCUT2D eigenvalue weighted by atomic mass is 9.92. The Bertz CT molecular complexity index is 1330. The number of methoxy groups -OCH3 is 3. The zero-order valence-electron chi connectivity index (χ0n) is 29.4. The normalized spacial score (nSPS) is 23.2. The van der Waals surface area contributed by atoms with Crippen LogP contribution in [-0.4, -0.2) is 78.8 Å². The Morgan fingerprint density at radius 2 is 1.77 bits per heavy atom. The predicted molar refractivity (Wildman–Crippen MR) is 180 cm³/mol. The van der Waals surface area contributed by atoms with Crippen LogP contribution in [0.4, 0.5) is 13.2 Å². The summed E-state index contributed by atoms with van der Waals surface area (Å²) in [6, 6.07) is 0. The van der Waals surface area contributed by atoms with Gasteiger partial charge in [-0.15, -0.1) is 0 Å². The van der Waals surface area contributed by atoms with Crippen LogP contribution >= 0.6 is 11.6 Å². The first-order valence-electron chi connectivity index (χ1n) is 15.8. The van der Waals surface area contributed by atoms with Crippen molar-refractivity contribution in [1.29, 1.82) is 0 Å². The van der Waals surface area contributed by atoms with Crippen LogP contribution in [0.2, 0.25) is 16.6 Å². The largest absolute Gasteiger partial charge is 0.534 e. The monoisotopic (exact) mass is 745 g/mol. The molecule has 0 spiro atoms. The van der Waals surface area contributed by atoms with Crippen molar-refractivity contribution in [1.82, 2.24) is 4.98 Å². The molecule has 2 heterocycles. The molecule has 1 fully saturated rings. The van der Waals surface area contributed by atoms with Crippen LogP contribution in [0.3, 0.4) is 0 Å². The molecule has 0 aliphatic carbocycles. The number of rotatable bonds is 18. The highest BCUT2D eigenvalue weighted by Crippen LogP contribution is 2.45. The average molecular weight is 746 g/mol. The number of alkyl halides is 3. The summed E-state index contributed by atoms with van der Waals surface area (Å²) in [6.07, 6.45) is 7.79. The third-order valence-corrected chi connectivity index (χ3v) is 15.9. The van der Waals surface area contributed by atoms with Crippen molar-refractivity contribution in [3.05, 3.63) is 47.6 Å². The number of hydrogen-bond donors (Lipinski definition) is 0. The van der Waals surface area contributed by atoms with Gasteiger partial charge in [0.1, 0.15) is 0 Å². The highest BCUT2D eigenvalue weighted by atomic mass is 35.5. The first-order chi connectivity index (χ1) is 22.3. The molecular weight excluding hydrogens is 695 g/mol. The molecule has 0 radical (unpaired) electrons. The van der Waals surface area contributed by atoms with E-state index in [1.165, 1.54) is 12.6 Å². The molecule has 0 N–H and O–H groups in total. The van der Waals surface area contributed by atoms with Crippen LogP contribution in [0.15, 0.2) is 46.1 Å². The summed E-state index contributed by atoms with van der Waals surface area (Å²) in [5.74, 6) is -2.44. The molecule has 276 valence electrons. The topological polar surface area (TPSA) is 116 Å². The Labute approximate surface area is 289 Å². The summed E-state index contributed by atoms with van der Waals surface area (Å²) in [5, 5.41) is 0. The molecule has 1 aromatic heterocycles. The maximum atomic E-state index is 12.9. The van der Waals surface area contributed by atoms with E-state index in [0.717, 1.165) is 5.57 Å². The molecule has 1 aliphatic heterocycles. The fourth-order valence-electron chi connectivity index (χ4n) is 6.44. The van der Waals surface area contributed by atoms with E-state index in [2.05, 4.69) is 50.7 Å². The van der Waals surface area contributed by atoms with E-state index in [4.69, 9.17) is 39.4 Å². The van der Waals surface area contributed by atoms with Crippen LogP contribution in [0.5, 0.6) is 5.88 Å². The Kier molecular flexibility index (Phi) is 15.9. The lowest BCUT2D eigenvalue weighted by Gasteiger charge is -2.49. The van der Waals surface area contributed by atoms with E-state index in [1.54, 1.807) is 14.2 Å². The molecular formula is C32H51ClF3NO9SSi. The highest BCUT2D eigenvalue weighted by Gasteiger charge is 2.52. The summed E-state index contributed by atoms with van der Waals surface area (Å²) in [6.45, 7) is 15.1. The van der Waals surface area contributed by atoms with Crippen LogP contribution < -0.4 is 4.18 Å². The zero-order valence-corrected chi connectivity index (χ0v) is 31.9. The number of allylic oxidation sites excluding steroid dienone is 2. The Morgan fingerprint density at radius 3 is 2.27 bits per heavy atom. The minimum atomic E-state index is -5.94. The lowest BCUT2D eigenvalue weighted by molar-refractivity contribution is -0.297. The molecule has 1 aliphatic rings. The van der Waals surface area contributed by atoms with Gasteiger partial charge in [-0.1, -0.05) is 83.0 Å². The third kappa shape index (κ3) is 10.9. The standard InChI is InChI=1S/C32H51ClF3NO9SSi/c1-21(2)48(22(3)4,23(5)6)46-28(16-24(7)13-14-25(40-8)12-11-15-33)27-17-26(41-9)18-31(42-10,44-27)19-29-37-30(20-43-29)45-47(38,39)32(34,35)36/h11,13-16,20-23,25-28H,12,17-19H2,1-10H3/b14-13+,15-11+,24-16+/t25-,26-,27-,28-,31+/m1/s1. The SMILES string of the molecule is CO[C@@H]1C[C@H]([C@@H](/C=C(C)/C=C/[C@@H](C/C=C/Cl)OC)O[Si](C(C)C)(C(C)C)C(C)C)O[C@@](Cc2nc(OS(=O)(=O)C(F)(F)F)co2)(OC)C1. The van der Waals surface area contributed by atoms with Crippen molar-refractivity contribution in [2.75, 3.05) is 21.3 Å². The second-order valence-electron chi connectivity index (χ2n) is 12.8. The maximum absolute atomic E-state index is 12.9. The van der Waals surface area contributed by atoms with E-state index in [9.17, 15) is 21.6 Å². The van der Waals surface area contributed by atoms with Gasteiger partial charge < -0.3 is 32.0 Å². The van der Waals surface area contributed by atoms with Crippen LogP contribution in [-0.2, 0) is 39.9 Å². The molecule has 0 aromatic carbocycles. The maximum Gasteiger partial charge on any atom is 0.534 e. The van der Waals surface area contributed by atoms with Crippen molar-refractivity contribution in [2.24, 2.45) is 0 Å². The van der Waals surface area contributed by atoms with Gasteiger partial charge >= 0.3 is 15.6 Å². The molecule has 48 heavy (non-hydrogen) atoms. The van der Waals surface area contributed by atoms with Crippen molar-refractivity contribution >= 4 is 30.0 Å². The molecule has 0 bridgehead atoms. The fraction of sp³-hybridized carbons (Fsp3) is 0.719. The quantitative estimate of drug-likeness (QED) is 0.0630. The second kappa shape index (κ2) is 18.0. The van der Waals surface area contributed by atoms with Gasteiger partial charge in [-0.25, -0.2) is 0 Å². The smallest absolute Gasteiger partial charge is 0.445 e. The van der Waals surface area contributed by atoms with Crippen LogP contribution in [0.1, 0.15) is 73.6 Å². The molecule has 0 unspecified atom stereocenters. The van der Waals surface area contributed by atoms with Gasteiger partial charge in [0, 0.05) is 39.7 Å². The average Bonchev–Trinajstić information content (AvgIpc) is 3.43. The summed E-state index contributed by atoms with van der Waals surface area (Å²) < 4.78 is 102. The third-order valence-electron chi connectivity index (χ3n) is 8.71. The number of halogens is 4. The molecule has 1 saturated heterocycles. The Balaban J connectivity index is 2.57. The van der Waals surface area contributed by atoms with Gasteiger partial charge in [-0.05, 0) is 30.0 Å². The van der Waals surface area contributed by atoms with Crippen molar-refractivity contribution in [2.45, 2.75) is 126 Å². The minimum Gasteiger partial charge on any atom is -0.445 e. The van der Waals surface area contributed by atoms with Gasteiger partial charge in [0.05, 0.1) is 30.8 Å². The van der Waals surface area contributed by atoms with Crippen molar-refractivity contribution in [3.63, 3.8) is 0 Å². The summed E-state index contributed by atoms with van der Waals surface area (Å²) >= 11 is 5.71. The predicted octanol–water partition coefficient (Wildman–Crippen LogP) is 8.20. The van der Waals surface area contributed by atoms with Crippen molar-refractivity contribution in [3.8, 4) is 5.88 Å². The van der Waals surface area contributed by atoms with Gasteiger partial charge in [0.25, 0.3) is 5.88 Å². The minimum absolute atomic E-state index is 0.154. The van der Waals surface area contributed by atoms with Gasteiger partial charge in [0.2, 0.25) is 14.2 Å². The summed E-state index contributed by atoms with van der Waals surface area (Å²) in [7, 11) is -3.80. The van der Waals surface area contributed by atoms with Gasteiger partial charge in [-0.3, -0.25) is 0 Å². The number of ether oxygens (including phenoxy) is 4. The van der Waals surface area contributed by atoms with E-state index in [-0.39, 0.29) is 47.6 Å². The van der Waals surface area contributed by atoms with Crippen LogP contribution in [0.25, 0.3) is 0 Å². The fourth-order valence-corrected chi connectivity index (χ4v) is 12.4. The molecule has 5 atom stereocenters. The lowest BCUT2D eigenvalue weighted by Crippen LogP contribution is -2.57. The number of nitrogens with zero attached hydrogens (tertiary/aromatic N) is 1. The Morgan fingerprint density at radius 1 is 1.15 bits per heavy atom. The zero-order chi connectivity index (χ0) is 36.5. The van der Waals surface area contributed by atoms with Crippen molar-refractivity contribution < 1.29 is 53.6 Å². The summed E-state index contributed by atoms with van der Waals surface area (Å²) in [5.41, 5.74) is -2.49. The van der Waals surface area contributed by atoms with Crippen LogP contribution in [0, 0.1) is 0 Å². The molecule has 10 nitrogen and oxygen atoms in total. The molecule has 2 rings (SSSR count). The first kappa shape index (κ1) is 42.4. The summed E-state index contributed by atoms with van der Waals surface area (Å²) in [4.78, 5) is 3.83. The van der Waals surface area contributed by atoms with Gasteiger partial charge in [0.15, 0.2) is 12.1 Å². The number of aromatic nitrogens is 1. The Hall–Kier alpha value is -1.72. The number of oxazole rings is 1. The van der Waals surface area contributed by atoms with E-state index >= 15 is 0 Å². The first-order valence-corrected chi connectivity index (χ1v) is 19.8. The molecule has 0 amide bonds. The molecule has 0 saturated carbocycles. The van der Waals surface area contributed by atoms with E-state index in [1.807, 2.05) is 31.2 Å².